The van der Waals surface area contributed by atoms with E-state index in [1.54, 1.807) is 41.2 Å². The number of nitrogens with one attached hydrogen (secondary N) is 2. The summed E-state index contributed by atoms with van der Waals surface area (Å²) in [6, 6.07) is 12.3. The maximum atomic E-state index is 10.6. The molecule has 1 aromatic carbocycles. The third-order valence-electron chi connectivity index (χ3n) is 3.52. The van der Waals surface area contributed by atoms with Crippen molar-refractivity contribution in [3.05, 3.63) is 59.4 Å². The monoisotopic (exact) mass is 367 g/mol. The van der Waals surface area contributed by atoms with Gasteiger partial charge < -0.3 is 11.1 Å². The highest BCUT2D eigenvalue weighted by atomic mass is 35.5. The molecule has 130 valence electrons. The van der Waals surface area contributed by atoms with Gasteiger partial charge in [-0.1, -0.05) is 23.7 Å². The number of amidine groups is 1. The third-order valence-corrected chi connectivity index (χ3v) is 3.84. The molecule has 4 N–H and O–H groups in total. The van der Waals surface area contributed by atoms with Gasteiger partial charge in [0.15, 0.2) is 5.84 Å². The molecule has 0 atom stereocenters. The van der Waals surface area contributed by atoms with E-state index in [4.69, 9.17) is 22.7 Å². The van der Waals surface area contributed by atoms with E-state index in [0.29, 0.717) is 34.3 Å². The molecule has 0 bridgehead atoms. The Kier molecular flexibility index (Phi) is 5.04. The Balaban J connectivity index is 2.17. The molecule has 3 aromatic rings. The van der Waals surface area contributed by atoms with Crippen molar-refractivity contribution in [3.63, 3.8) is 0 Å². The van der Waals surface area contributed by atoms with Crippen LogP contribution in [0.25, 0.3) is 16.9 Å². The number of pyridine rings is 1. The molecule has 3 rings (SSSR count). The summed E-state index contributed by atoms with van der Waals surface area (Å²) >= 11 is 6.29. The molecular weight excluding hydrogens is 354 g/mol. The van der Waals surface area contributed by atoms with E-state index in [1.165, 1.54) is 0 Å². The fourth-order valence-corrected chi connectivity index (χ4v) is 2.59. The summed E-state index contributed by atoms with van der Waals surface area (Å²) < 4.78 is 1.56. The van der Waals surface area contributed by atoms with Crippen molar-refractivity contribution >= 4 is 36.0 Å². The van der Waals surface area contributed by atoms with Gasteiger partial charge in [-0.15, -0.1) is 0 Å². The lowest BCUT2D eigenvalue weighted by molar-refractivity contribution is -0.105. The van der Waals surface area contributed by atoms with Gasteiger partial charge in [0.2, 0.25) is 6.41 Å². The van der Waals surface area contributed by atoms with Crippen LogP contribution in [-0.4, -0.2) is 33.3 Å². The summed E-state index contributed by atoms with van der Waals surface area (Å²) in [5, 5.41) is 14.7. The van der Waals surface area contributed by atoms with E-state index in [-0.39, 0.29) is 5.84 Å². The van der Waals surface area contributed by atoms with Crippen LogP contribution in [0.5, 0.6) is 0 Å². The smallest absolute Gasteiger partial charge is 0.212 e. The molecule has 2 aromatic heterocycles. The lowest BCUT2D eigenvalue weighted by atomic mass is 10.2. The molecule has 0 aliphatic rings. The zero-order chi connectivity index (χ0) is 18.5. The number of aromatic nitrogens is 3. The Morgan fingerprint density at radius 1 is 1.31 bits per heavy atom. The molecule has 0 saturated heterocycles. The molecule has 26 heavy (non-hydrogen) atoms. The predicted molar refractivity (Wildman–Crippen MR) is 101 cm³/mol. The van der Waals surface area contributed by atoms with Crippen molar-refractivity contribution in [2.24, 2.45) is 10.7 Å². The number of anilines is 1. The average Bonchev–Trinajstić information content (AvgIpc) is 3.08. The average molecular weight is 368 g/mol. The largest absolute Gasteiger partial charge is 0.382 e. The second-order valence-electron chi connectivity index (χ2n) is 5.11. The second kappa shape index (κ2) is 7.58. The minimum atomic E-state index is 0.124. The number of para-hydroxylation sites is 1. The maximum absolute atomic E-state index is 10.6. The highest BCUT2D eigenvalue weighted by Crippen LogP contribution is 2.26. The lowest BCUT2D eigenvalue weighted by Gasteiger charge is -2.08. The molecule has 0 spiro atoms. The number of benzene rings is 1. The van der Waals surface area contributed by atoms with E-state index in [2.05, 4.69) is 20.4 Å². The fourth-order valence-electron chi connectivity index (χ4n) is 2.38. The predicted octanol–water partition coefficient (Wildman–Crippen LogP) is 2.47. The Hall–Kier alpha value is -3.52. The number of carbonyl (C=O) groups is 1. The van der Waals surface area contributed by atoms with Gasteiger partial charge in [0, 0.05) is 11.8 Å². The Labute approximate surface area is 153 Å². The summed E-state index contributed by atoms with van der Waals surface area (Å²) in [5.74, 6) is 0.520. The van der Waals surface area contributed by atoms with Crippen molar-refractivity contribution in [1.82, 2.24) is 14.8 Å². The molecule has 0 aliphatic heterocycles. The van der Waals surface area contributed by atoms with Gasteiger partial charge in [0.25, 0.3) is 0 Å². The highest BCUT2D eigenvalue weighted by Gasteiger charge is 2.16. The first-order valence-corrected chi connectivity index (χ1v) is 7.86. The molecule has 1 amide bonds. The van der Waals surface area contributed by atoms with Crippen LogP contribution in [0.3, 0.4) is 0 Å². The SMILES string of the molecule is N=CN=C(N)c1cc(-c2ccnc(NC=O)c2)nn1-c1ccccc1Cl. The molecule has 0 saturated carbocycles. The van der Waals surface area contributed by atoms with Crippen LogP contribution in [0.4, 0.5) is 5.82 Å². The first-order chi connectivity index (χ1) is 12.6. The molecule has 9 heteroatoms. The number of rotatable bonds is 6. The first kappa shape index (κ1) is 17.3. The summed E-state index contributed by atoms with van der Waals surface area (Å²) in [4.78, 5) is 18.5. The van der Waals surface area contributed by atoms with E-state index < -0.39 is 0 Å². The molecule has 0 radical (unpaired) electrons. The topological polar surface area (TPSA) is 122 Å². The van der Waals surface area contributed by atoms with Crippen LogP contribution in [0, 0.1) is 5.41 Å². The zero-order valence-electron chi connectivity index (χ0n) is 13.4. The van der Waals surface area contributed by atoms with Gasteiger partial charge >= 0.3 is 0 Å². The van der Waals surface area contributed by atoms with Gasteiger partial charge in [-0.05, 0) is 30.3 Å². The number of nitrogens with two attached hydrogens (primary N) is 1. The van der Waals surface area contributed by atoms with Crippen molar-refractivity contribution < 1.29 is 4.79 Å². The Morgan fingerprint density at radius 3 is 2.85 bits per heavy atom. The molecule has 2 heterocycles. The van der Waals surface area contributed by atoms with Crippen molar-refractivity contribution in [2.45, 2.75) is 0 Å². The lowest BCUT2D eigenvalue weighted by Crippen LogP contribution is -2.18. The summed E-state index contributed by atoms with van der Waals surface area (Å²) in [6.07, 6.45) is 2.97. The number of nitrogens with zero attached hydrogens (tertiary/aromatic N) is 4. The normalized spacial score (nSPS) is 11.2. The maximum Gasteiger partial charge on any atom is 0.212 e. The van der Waals surface area contributed by atoms with Gasteiger partial charge in [0.1, 0.15) is 17.9 Å². The van der Waals surface area contributed by atoms with Gasteiger partial charge in [0.05, 0.1) is 16.4 Å². The number of amides is 1. The zero-order valence-corrected chi connectivity index (χ0v) is 14.2. The van der Waals surface area contributed by atoms with Crippen LogP contribution >= 0.6 is 11.6 Å². The molecule has 0 unspecified atom stereocenters. The van der Waals surface area contributed by atoms with Crippen LogP contribution in [0.2, 0.25) is 5.02 Å². The first-order valence-electron chi connectivity index (χ1n) is 7.48. The van der Waals surface area contributed by atoms with E-state index >= 15 is 0 Å². The standard InChI is InChI=1S/C17H14ClN7O/c18-12-3-1-2-4-14(12)25-15(17(20)22-9-19)8-13(24-25)11-5-6-21-16(7-11)23-10-26/h1-10H,(H3,19,20,22)(H,21,23,26). The van der Waals surface area contributed by atoms with E-state index in [1.807, 2.05) is 12.1 Å². The molecular formula is C17H14ClN7O. The number of halogens is 1. The minimum Gasteiger partial charge on any atom is -0.382 e. The van der Waals surface area contributed by atoms with Crippen LogP contribution in [-0.2, 0) is 4.79 Å². The third kappa shape index (κ3) is 3.45. The van der Waals surface area contributed by atoms with Crippen molar-refractivity contribution in [1.29, 1.82) is 5.41 Å². The summed E-state index contributed by atoms with van der Waals surface area (Å²) in [7, 11) is 0. The van der Waals surface area contributed by atoms with Crippen LogP contribution in [0.15, 0.2) is 53.7 Å². The number of aliphatic imine (C=N–C) groups is 1. The van der Waals surface area contributed by atoms with Crippen LogP contribution in [0.1, 0.15) is 5.69 Å². The molecule has 0 fully saturated rings. The Bertz CT molecular complexity index is 996. The van der Waals surface area contributed by atoms with E-state index in [0.717, 1.165) is 11.9 Å². The van der Waals surface area contributed by atoms with Crippen molar-refractivity contribution in [3.8, 4) is 16.9 Å². The van der Waals surface area contributed by atoms with Crippen molar-refractivity contribution in [2.75, 3.05) is 5.32 Å². The highest BCUT2D eigenvalue weighted by molar-refractivity contribution is 6.32. The van der Waals surface area contributed by atoms with Gasteiger partial charge in [-0.2, -0.15) is 5.10 Å². The Morgan fingerprint density at radius 2 is 2.12 bits per heavy atom. The summed E-state index contributed by atoms with van der Waals surface area (Å²) in [5.41, 5.74) is 8.40. The van der Waals surface area contributed by atoms with Gasteiger partial charge in [-0.25, -0.2) is 14.7 Å². The number of hydrogen-bond acceptors (Lipinski definition) is 4. The number of hydrogen-bond donors (Lipinski definition) is 3. The molecule has 8 nitrogen and oxygen atoms in total. The quantitative estimate of drug-likeness (QED) is 0.352. The second-order valence-corrected chi connectivity index (χ2v) is 5.52. The fraction of sp³-hybridized carbons (Fsp3) is 0. The van der Waals surface area contributed by atoms with E-state index in [9.17, 15) is 4.79 Å². The number of carbonyl (C=O) groups excluding carboxylic acids is 1. The van der Waals surface area contributed by atoms with Gasteiger partial charge in [-0.3, -0.25) is 10.2 Å². The molecule has 0 aliphatic carbocycles. The summed E-state index contributed by atoms with van der Waals surface area (Å²) in [6.45, 7) is 0. The minimum absolute atomic E-state index is 0.124. The van der Waals surface area contributed by atoms with Crippen LogP contribution < -0.4 is 11.1 Å².